The minimum Gasteiger partial charge on any atom is -0.492 e. The monoisotopic (exact) mass is 494 g/mol. The molecule has 0 radical (unpaired) electrons. The van der Waals surface area contributed by atoms with Crippen LogP contribution in [-0.2, 0) is 14.8 Å². The molecule has 1 unspecified atom stereocenters. The second kappa shape index (κ2) is 10.4. The number of hydrogen-bond donors (Lipinski definition) is 1. The minimum atomic E-state index is -3.76. The average Bonchev–Trinajstić information content (AvgIpc) is 2.76. The average molecular weight is 495 g/mol. The van der Waals surface area contributed by atoms with E-state index in [4.69, 9.17) is 27.9 Å². The summed E-state index contributed by atoms with van der Waals surface area (Å²) in [7, 11) is -3.76. The number of halogens is 2. The smallest absolute Gasteiger partial charge is 0.244 e. The molecule has 3 aromatic carbocycles. The largest absolute Gasteiger partial charge is 0.492 e. The summed E-state index contributed by atoms with van der Waals surface area (Å²) in [5, 5.41) is 5.44. The van der Waals surface area contributed by atoms with E-state index in [1.54, 1.807) is 6.92 Å². The Balaban J connectivity index is 1.65. The van der Waals surface area contributed by atoms with Crippen LogP contribution in [0, 0.1) is 0 Å². The van der Waals surface area contributed by atoms with E-state index in [1.165, 1.54) is 18.2 Å². The molecule has 3 aromatic rings. The number of carbonyl (C=O) groups excluding carboxylic acids is 1. The molecule has 0 aliphatic rings. The highest BCUT2D eigenvalue weighted by molar-refractivity contribution is 7.92. The van der Waals surface area contributed by atoms with Crippen LogP contribution in [0.3, 0.4) is 0 Å². The Hall–Kier alpha value is -2.48. The van der Waals surface area contributed by atoms with Crippen molar-refractivity contribution in [2.24, 2.45) is 0 Å². The van der Waals surface area contributed by atoms with E-state index in [-0.39, 0.29) is 30.3 Å². The first-order valence-electron chi connectivity index (χ1n) is 10.0. The van der Waals surface area contributed by atoms with Crippen LogP contribution >= 0.6 is 23.2 Å². The summed E-state index contributed by atoms with van der Waals surface area (Å²) in [5.41, 5.74) is 0.274. The first-order valence-corrected chi connectivity index (χ1v) is 12.6. The number of nitrogens with one attached hydrogen (secondary N) is 1. The third-order valence-corrected chi connectivity index (χ3v) is 6.80. The van der Waals surface area contributed by atoms with Gasteiger partial charge in [-0.1, -0.05) is 60.5 Å². The molecule has 6 nitrogen and oxygen atoms in total. The van der Waals surface area contributed by atoms with E-state index in [2.05, 4.69) is 5.32 Å². The van der Waals surface area contributed by atoms with Crippen molar-refractivity contribution in [2.45, 2.75) is 19.4 Å². The van der Waals surface area contributed by atoms with Gasteiger partial charge in [0, 0.05) is 0 Å². The van der Waals surface area contributed by atoms with Crippen LogP contribution < -0.4 is 14.4 Å². The molecule has 0 saturated carbocycles. The summed E-state index contributed by atoms with van der Waals surface area (Å²) < 4.78 is 31.8. The zero-order valence-electron chi connectivity index (χ0n) is 17.7. The fourth-order valence-electron chi connectivity index (χ4n) is 3.40. The zero-order chi connectivity index (χ0) is 23.3. The van der Waals surface area contributed by atoms with Crippen molar-refractivity contribution in [3.8, 4) is 5.75 Å². The van der Waals surface area contributed by atoms with Gasteiger partial charge in [-0.25, -0.2) is 8.42 Å². The van der Waals surface area contributed by atoms with Gasteiger partial charge in [0.2, 0.25) is 15.9 Å². The third kappa shape index (κ3) is 5.85. The van der Waals surface area contributed by atoms with Crippen molar-refractivity contribution < 1.29 is 17.9 Å². The van der Waals surface area contributed by atoms with E-state index in [1.807, 2.05) is 42.5 Å². The normalized spacial score (nSPS) is 12.4. The van der Waals surface area contributed by atoms with E-state index in [0.29, 0.717) is 10.8 Å². The number of ether oxygens (including phenoxy) is 1. The molecular weight excluding hydrogens is 471 g/mol. The number of rotatable bonds is 9. The lowest BCUT2D eigenvalue weighted by Crippen LogP contribution is -2.50. The molecule has 3 rings (SSSR count). The van der Waals surface area contributed by atoms with Gasteiger partial charge in [-0.2, -0.15) is 0 Å². The summed E-state index contributed by atoms with van der Waals surface area (Å²) >= 11 is 12.0. The Morgan fingerprint density at radius 3 is 2.41 bits per heavy atom. The number of anilines is 1. The Kier molecular flexibility index (Phi) is 7.87. The fraction of sp³-hybridized carbons (Fsp3) is 0.261. The van der Waals surface area contributed by atoms with Gasteiger partial charge in [-0.05, 0) is 47.5 Å². The van der Waals surface area contributed by atoms with Gasteiger partial charge in [-0.3, -0.25) is 9.10 Å². The second-order valence-electron chi connectivity index (χ2n) is 7.23. The van der Waals surface area contributed by atoms with Crippen molar-refractivity contribution in [1.82, 2.24) is 5.32 Å². The Labute approximate surface area is 198 Å². The van der Waals surface area contributed by atoms with Gasteiger partial charge in [-0.15, -0.1) is 0 Å². The number of hydrogen-bond acceptors (Lipinski definition) is 4. The first-order chi connectivity index (χ1) is 15.2. The molecule has 0 aromatic heterocycles. The molecule has 0 aliphatic heterocycles. The Morgan fingerprint density at radius 1 is 1.03 bits per heavy atom. The lowest BCUT2D eigenvalue weighted by molar-refractivity contribution is -0.122. The number of benzene rings is 3. The minimum absolute atomic E-state index is 0.205. The molecule has 9 heteroatoms. The molecule has 1 amide bonds. The van der Waals surface area contributed by atoms with Crippen molar-refractivity contribution in [3.63, 3.8) is 0 Å². The molecule has 1 atom stereocenters. The number of sulfonamides is 1. The molecular formula is C23H24Cl2N2O4S. The van der Waals surface area contributed by atoms with Crippen molar-refractivity contribution in [2.75, 3.05) is 23.7 Å². The summed E-state index contributed by atoms with van der Waals surface area (Å²) in [5.74, 6) is 0.268. The maximum Gasteiger partial charge on any atom is 0.244 e. The van der Waals surface area contributed by atoms with Gasteiger partial charge in [0.05, 0.1) is 28.5 Å². The first kappa shape index (κ1) is 24.2. The fourth-order valence-corrected chi connectivity index (χ4v) is 4.90. The van der Waals surface area contributed by atoms with Crippen LogP contribution in [0.5, 0.6) is 5.75 Å². The van der Waals surface area contributed by atoms with E-state index in [0.717, 1.165) is 21.3 Å². The molecule has 1 N–H and O–H groups in total. The van der Waals surface area contributed by atoms with Crippen molar-refractivity contribution >= 4 is 55.6 Å². The molecule has 0 heterocycles. The van der Waals surface area contributed by atoms with Gasteiger partial charge < -0.3 is 10.1 Å². The molecule has 0 spiro atoms. The van der Waals surface area contributed by atoms with E-state index in [9.17, 15) is 13.2 Å². The SMILES string of the molecule is CCC(C(=O)NCCOc1ccc2ccccc2c1)N(c1ccc(Cl)c(Cl)c1)S(C)(=O)=O. The highest BCUT2D eigenvalue weighted by Crippen LogP contribution is 2.30. The predicted molar refractivity (Wildman–Crippen MR) is 130 cm³/mol. The topological polar surface area (TPSA) is 75.7 Å². The number of nitrogens with zero attached hydrogens (tertiary/aromatic N) is 1. The van der Waals surface area contributed by atoms with Gasteiger partial charge in [0.1, 0.15) is 18.4 Å². The number of amides is 1. The van der Waals surface area contributed by atoms with Gasteiger partial charge >= 0.3 is 0 Å². The molecule has 0 bridgehead atoms. The molecule has 170 valence electrons. The maximum atomic E-state index is 12.8. The molecule has 0 fully saturated rings. The Morgan fingerprint density at radius 2 is 1.75 bits per heavy atom. The van der Waals surface area contributed by atoms with Crippen LogP contribution in [-0.4, -0.2) is 39.8 Å². The summed E-state index contributed by atoms with van der Waals surface area (Å²) in [6.07, 6.45) is 1.32. The Bertz CT molecular complexity index is 1220. The quantitative estimate of drug-likeness (QED) is 0.429. The van der Waals surface area contributed by atoms with Crippen LogP contribution in [0.1, 0.15) is 13.3 Å². The standard InChI is InChI=1S/C23H24Cl2N2O4S/c1-3-22(27(32(2,29)30)18-9-11-20(24)21(25)15-18)23(28)26-12-13-31-19-10-8-16-6-4-5-7-17(16)14-19/h4-11,14-15,22H,3,12-13H2,1-2H3,(H,26,28). The molecule has 0 saturated heterocycles. The van der Waals surface area contributed by atoms with E-state index < -0.39 is 22.0 Å². The van der Waals surface area contributed by atoms with Crippen molar-refractivity contribution in [3.05, 3.63) is 70.7 Å². The highest BCUT2D eigenvalue weighted by atomic mass is 35.5. The number of fused-ring (bicyclic) bond motifs is 1. The summed E-state index contributed by atoms with van der Waals surface area (Å²) in [6.45, 7) is 2.21. The van der Waals surface area contributed by atoms with Crippen molar-refractivity contribution in [1.29, 1.82) is 0 Å². The van der Waals surface area contributed by atoms with Crippen LogP contribution in [0.2, 0.25) is 10.0 Å². The summed E-state index contributed by atoms with van der Waals surface area (Å²) in [6, 6.07) is 17.2. The zero-order valence-corrected chi connectivity index (χ0v) is 20.0. The maximum absolute atomic E-state index is 12.8. The lowest BCUT2D eigenvalue weighted by Gasteiger charge is -2.30. The second-order valence-corrected chi connectivity index (χ2v) is 9.90. The lowest BCUT2D eigenvalue weighted by atomic mass is 10.1. The van der Waals surface area contributed by atoms with Gasteiger partial charge in [0.25, 0.3) is 0 Å². The third-order valence-electron chi connectivity index (χ3n) is 4.88. The van der Waals surface area contributed by atoms with Gasteiger partial charge in [0.15, 0.2) is 0 Å². The molecule has 0 aliphatic carbocycles. The predicted octanol–water partition coefficient (Wildman–Crippen LogP) is 4.89. The summed E-state index contributed by atoms with van der Waals surface area (Å²) in [4.78, 5) is 12.8. The van der Waals surface area contributed by atoms with E-state index >= 15 is 0 Å². The highest BCUT2D eigenvalue weighted by Gasteiger charge is 2.31. The number of carbonyl (C=O) groups is 1. The van der Waals surface area contributed by atoms with Crippen LogP contribution in [0.15, 0.2) is 60.7 Å². The molecule has 32 heavy (non-hydrogen) atoms. The van der Waals surface area contributed by atoms with Crippen LogP contribution in [0.4, 0.5) is 5.69 Å². The van der Waals surface area contributed by atoms with Crippen LogP contribution in [0.25, 0.3) is 10.8 Å².